The van der Waals surface area contributed by atoms with Gasteiger partial charge in [-0.3, -0.25) is 9.35 Å². The van der Waals surface area contributed by atoms with Crippen LogP contribution in [0.25, 0.3) is 10.8 Å². The minimum Gasteiger partial charge on any atom is -0.426 e. The third-order valence-corrected chi connectivity index (χ3v) is 8.34. The molecule has 42 heavy (non-hydrogen) atoms. The summed E-state index contributed by atoms with van der Waals surface area (Å²) >= 11 is 0. The summed E-state index contributed by atoms with van der Waals surface area (Å²) in [7, 11) is -4.26. The lowest BCUT2D eigenvalue weighted by Crippen LogP contribution is -2.07. The molecule has 0 spiro atoms. The molecule has 0 saturated carbocycles. The second-order valence-electron chi connectivity index (χ2n) is 11.0. The predicted octanol–water partition coefficient (Wildman–Crippen LogP) is 10.7. The molecule has 0 atom stereocenters. The second-order valence-corrected chi connectivity index (χ2v) is 12.4. The molecule has 0 aliphatic heterocycles. The largest absolute Gasteiger partial charge is 0.426 e. The number of hydrogen-bond donors (Lipinski definition) is 1. The van der Waals surface area contributed by atoms with E-state index in [1.165, 1.54) is 101 Å². The zero-order valence-electron chi connectivity index (χ0n) is 25.0. The number of fused-ring (bicyclic) bond motifs is 1. The third-order valence-electron chi connectivity index (χ3n) is 7.48. The van der Waals surface area contributed by atoms with Crippen LogP contribution in [0.15, 0.2) is 75.8 Å². The van der Waals surface area contributed by atoms with E-state index in [1.54, 1.807) is 12.1 Å². The number of hydrogen-bond acceptors (Lipinski definition) is 6. The first-order valence-electron chi connectivity index (χ1n) is 15.6. The molecule has 0 unspecified atom stereocenters. The van der Waals surface area contributed by atoms with Gasteiger partial charge in [-0.15, -0.1) is 5.11 Å². The second kappa shape index (κ2) is 18.4. The van der Waals surface area contributed by atoms with E-state index in [9.17, 15) is 13.2 Å². The molecule has 0 heterocycles. The summed E-state index contributed by atoms with van der Waals surface area (Å²) in [6.07, 6.45) is 19.7. The molecule has 0 fully saturated rings. The van der Waals surface area contributed by atoms with Crippen LogP contribution in [0.4, 0.5) is 11.4 Å². The van der Waals surface area contributed by atoms with Crippen molar-refractivity contribution < 1.29 is 22.5 Å². The van der Waals surface area contributed by atoms with Gasteiger partial charge >= 0.3 is 5.97 Å². The van der Waals surface area contributed by atoms with Crippen LogP contribution < -0.4 is 4.74 Å². The van der Waals surface area contributed by atoms with E-state index in [4.69, 9.17) is 9.29 Å². The number of nitrogens with zero attached hydrogens (tertiary/aromatic N) is 2. The molecule has 8 heteroatoms. The Balaban J connectivity index is 1.36. The van der Waals surface area contributed by atoms with Crippen molar-refractivity contribution in [3.63, 3.8) is 0 Å². The van der Waals surface area contributed by atoms with E-state index < -0.39 is 10.1 Å². The summed E-state index contributed by atoms with van der Waals surface area (Å²) in [5.41, 5.74) is 1.03. The van der Waals surface area contributed by atoms with Crippen LogP contribution in [0.2, 0.25) is 0 Å². The molecule has 0 bridgehead atoms. The molecule has 1 N–H and O–H groups in total. The monoisotopic (exact) mass is 594 g/mol. The summed E-state index contributed by atoms with van der Waals surface area (Å²) in [5, 5.41) is 10.0. The molecule has 0 aromatic heterocycles. The van der Waals surface area contributed by atoms with Crippen LogP contribution >= 0.6 is 0 Å². The Morgan fingerprint density at radius 1 is 0.667 bits per heavy atom. The minimum atomic E-state index is -4.26. The zero-order chi connectivity index (χ0) is 30.0. The van der Waals surface area contributed by atoms with Crippen molar-refractivity contribution in [2.75, 3.05) is 0 Å². The lowest BCUT2D eigenvalue weighted by atomic mass is 10.0. The summed E-state index contributed by atoms with van der Waals surface area (Å²) in [4.78, 5) is 12.4. The van der Waals surface area contributed by atoms with E-state index in [2.05, 4.69) is 17.2 Å². The van der Waals surface area contributed by atoms with Crippen molar-refractivity contribution in [2.45, 2.75) is 115 Å². The van der Waals surface area contributed by atoms with Crippen molar-refractivity contribution in [1.82, 2.24) is 0 Å². The number of carbonyl (C=O) groups excluding carboxylic acids is 1. The van der Waals surface area contributed by atoms with E-state index in [0.717, 1.165) is 30.0 Å². The highest BCUT2D eigenvalue weighted by Gasteiger charge is 2.11. The first kappa shape index (κ1) is 33.4. The molecule has 3 rings (SSSR count). The average molecular weight is 595 g/mol. The zero-order valence-corrected chi connectivity index (χ0v) is 25.8. The van der Waals surface area contributed by atoms with Crippen LogP contribution in [-0.4, -0.2) is 18.9 Å². The van der Waals surface area contributed by atoms with Gasteiger partial charge in [0.1, 0.15) is 5.75 Å². The van der Waals surface area contributed by atoms with Crippen LogP contribution in [0, 0.1) is 0 Å². The van der Waals surface area contributed by atoms with Gasteiger partial charge in [0.05, 0.1) is 16.3 Å². The van der Waals surface area contributed by atoms with Gasteiger partial charge in [0.2, 0.25) is 0 Å². The maximum atomic E-state index is 12.6. The minimum absolute atomic E-state index is 0.206. The highest BCUT2D eigenvalue weighted by atomic mass is 32.2. The fourth-order valence-electron chi connectivity index (χ4n) is 5.04. The number of rotatable bonds is 20. The molecule has 3 aromatic carbocycles. The van der Waals surface area contributed by atoms with Crippen LogP contribution in [0.1, 0.15) is 110 Å². The molecule has 228 valence electrons. The summed E-state index contributed by atoms with van der Waals surface area (Å²) in [5.74, 6) is 0.260. The lowest BCUT2D eigenvalue weighted by Gasteiger charge is -2.09. The third kappa shape index (κ3) is 12.0. The Hall–Kier alpha value is -3.10. The number of esters is 1. The molecule has 0 saturated heterocycles. The molecule has 0 aliphatic carbocycles. The van der Waals surface area contributed by atoms with Gasteiger partial charge in [0.15, 0.2) is 0 Å². The molecule has 3 aromatic rings. The van der Waals surface area contributed by atoms with Crippen molar-refractivity contribution >= 4 is 38.2 Å². The van der Waals surface area contributed by atoms with Crippen LogP contribution in [-0.2, 0) is 14.9 Å². The fraction of sp³-hybridized carbons (Fsp3) is 0.500. The smallest absolute Gasteiger partial charge is 0.311 e. The van der Waals surface area contributed by atoms with Crippen molar-refractivity contribution in [3.8, 4) is 5.75 Å². The van der Waals surface area contributed by atoms with Gasteiger partial charge in [-0.1, -0.05) is 121 Å². The SMILES string of the molecule is CCCCCCCCCCCCCCCCCC(=O)Oc1ccc(N=Nc2ccc(S(=O)(=O)O)cc2)c2ccccc12. The van der Waals surface area contributed by atoms with E-state index in [0.29, 0.717) is 23.5 Å². The van der Waals surface area contributed by atoms with Gasteiger partial charge in [-0.2, -0.15) is 13.5 Å². The standard InChI is InChI=1S/C34H46N2O5S/c1-2-3-4-5-6-7-8-9-10-11-12-13-14-15-16-21-34(37)41-33-27-26-32(30-19-17-18-20-31(30)33)36-35-28-22-24-29(25-23-28)42(38,39)40/h17-20,22-27H,2-16,21H2,1H3,(H,38,39,40). The van der Waals surface area contributed by atoms with Gasteiger partial charge < -0.3 is 4.74 Å². The first-order chi connectivity index (χ1) is 20.4. The van der Waals surface area contributed by atoms with Gasteiger partial charge in [0, 0.05) is 17.2 Å². The number of unbranched alkanes of at least 4 members (excludes halogenated alkanes) is 14. The van der Waals surface area contributed by atoms with Gasteiger partial charge in [-0.05, 0) is 42.8 Å². The fourth-order valence-corrected chi connectivity index (χ4v) is 5.52. The Morgan fingerprint density at radius 3 is 1.74 bits per heavy atom. The van der Waals surface area contributed by atoms with Gasteiger partial charge in [0.25, 0.3) is 10.1 Å². The topological polar surface area (TPSA) is 105 Å². The first-order valence-corrected chi connectivity index (χ1v) is 17.0. The van der Waals surface area contributed by atoms with E-state index in [-0.39, 0.29) is 10.9 Å². The molecule has 0 aliphatic rings. The van der Waals surface area contributed by atoms with E-state index >= 15 is 0 Å². The Kier molecular flexibility index (Phi) is 14.7. The highest BCUT2D eigenvalue weighted by Crippen LogP contribution is 2.34. The Labute approximate surface area is 251 Å². The Bertz CT molecular complexity index is 1370. The predicted molar refractivity (Wildman–Crippen MR) is 170 cm³/mol. The van der Waals surface area contributed by atoms with Gasteiger partial charge in [-0.25, -0.2) is 0 Å². The molecule has 7 nitrogen and oxygen atoms in total. The number of benzene rings is 3. The quantitative estimate of drug-likeness (QED) is 0.0460. The maximum Gasteiger partial charge on any atom is 0.311 e. The lowest BCUT2D eigenvalue weighted by molar-refractivity contribution is -0.134. The van der Waals surface area contributed by atoms with Crippen molar-refractivity contribution in [1.29, 1.82) is 0 Å². The summed E-state index contributed by atoms with van der Waals surface area (Å²) in [6, 6.07) is 16.4. The number of ether oxygens (including phenoxy) is 1. The molecule has 0 radical (unpaired) electrons. The molecular formula is C34H46N2O5S. The van der Waals surface area contributed by atoms with Crippen molar-refractivity contribution in [3.05, 3.63) is 60.7 Å². The van der Waals surface area contributed by atoms with Crippen molar-refractivity contribution in [2.24, 2.45) is 10.2 Å². The van der Waals surface area contributed by atoms with Crippen LogP contribution in [0.3, 0.4) is 0 Å². The average Bonchev–Trinajstić information content (AvgIpc) is 2.98. The summed E-state index contributed by atoms with van der Waals surface area (Å²) in [6.45, 7) is 2.26. The van der Waals surface area contributed by atoms with E-state index in [1.807, 2.05) is 24.3 Å². The summed E-state index contributed by atoms with van der Waals surface area (Å²) < 4.78 is 37.3. The maximum absolute atomic E-state index is 12.6. The highest BCUT2D eigenvalue weighted by molar-refractivity contribution is 7.85. The number of azo groups is 1. The molecular weight excluding hydrogens is 548 g/mol. The van der Waals surface area contributed by atoms with Crippen LogP contribution in [0.5, 0.6) is 5.75 Å². The molecule has 0 amide bonds. The Morgan fingerprint density at radius 2 is 1.19 bits per heavy atom. The normalized spacial score (nSPS) is 11.9. The number of carbonyl (C=O) groups is 1.